The standard InChI is InChI=1S/C8H13Br/c1-2-3-4-5-7-6-8(7)9/h2-6H2,1H3. The fraction of sp³-hybridized carbons (Fsp3) is 0.750. The second-order valence-electron chi connectivity index (χ2n) is 2.64. The monoisotopic (exact) mass is 188 g/mol. The first kappa shape index (κ1) is 7.33. The van der Waals surface area contributed by atoms with Crippen molar-refractivity contribution in [3.63, 3.8) is 0 Å². The average Bonchev–Trinajstić information content (AvgIpc) is 2.48. The van der Waals surface area contributed by atoms with Crippen molar-refractivity contribution in [2.24, 2.45) is 0 Å². The summed E-state index contributed by atoms with van der Waals surface area (Å²) in [5.74, 6) is 0. The maximum Gasteiger partial charge on any atom is 0.00101 e. The van der Waals surface area contributed by atoms with Crippen LogP contribution in [0, 0.1) is 0 Å². The maximum atomic E-state index is 3.48. The molecule has 0 saturated heterocycles. The Balaban J connectivity index is 1.94. The van der Waals surface area contributed by atoms with E-state index in [4.69, 9.17) is 0 Å². The third kappa shape index (κ3) is 2.53. The minimum Gasteiger partial charge on any atom is -0.0654 e. The molecule has 0 aromatic rings. The van der Waals surface area contributed by atoms with Crippen molar-refractivity contribution in [2.75, 3.05) is 0 Å². The van der Waals surface area contributed by atoms with Gasteiger partial charge in [0.15, 0.2) is 0 Å². The Kier molecular flexibility index (Phi) is 2.77. The first-order valence-electron chi connectivity index (χ1n) is 3.71. The summed E-state index contributed by atoms with van der Waals surface area (Å²) >= 11 is 3.48. The zero-order valence-electron chi connectivity index (χ0n) is 5.91. The van der Waals surface area contributed by atoms with E-state index >= 15 is 0 Å². The van der Waals surface area contributed by atoms with E-state index in [1.54, 1.807) is 5.57 Å². The molecule has 0 nitrogen and oxygen atoms in total. The molecule has 0 radical (unpaired) electrons. The van der Waals surface area contributed by atoms with Gasteiger partial charge in [0.1, 0.15) is 0 Å². The fourth-order valence-electron chi connectivity index (χ4n) is 0.956. The van der Waals surface area contributed by atoms with E-state index in [2.05, 4.69) is 22.9 Å². The van der Waals surface area contributed by atoms with Gasteiger partial charge in [0.2, 0.25) is 0 Å². The van der Waals surface area contributed by atoms with Crippen LogP contribution in [0.15, 0.2) is 10.1 Å². The van der Waals surface area contributed by atoms with Crippen molar-refractivity contribution in [3.05, 3.63) is 10.1 Å². The van der Waals surface area contributed by atoms with E-state index in [9.17, 15) is 0 Å². The Bertz CT molecular complexity index is 125. The highest BCUT2D eigenvalue weighted by atomic mass is 79.9. The number of unbranched alkanes of at least 4 members (excludes halogenated alkanes) is 2. The second kappa shape index (κ2) is 3.40. The van der Waals surface area contributed by atoms with Crippen LogP contribution in [0.5, 0.6) is 0 Å². The van der Waals surface area contributed by atoms with Gasteiger partial charge in [0.05, 0.1) is 0 Å². The topological polar surface area (TPSA) is 0 Å². The van der Waals surface area contributed by atoms with Crippen molar-refractivity contribution in [1.29, 1.82) is 0 Å². The molecule has 0 heterocycles. The number of allylic oxidation sites excluding steroid dienone is 2. The Morgan fingerprint density at radius 3 is 2.56 bits per heavy atom. The number of halogens is 1. The van der Waals surface area contributed by atoms with E-state index in [-0.39, 0.29) is 0 Å². The van der Waals surface area contributed by atoms with Gasteiger partial charge in [0.25, 0.3) is 0 Å². The van der Waals surface area contributed by atoms with E-state index in [1.807, 2.05) is 0 Å². The average molecular weight is 189 g/mol. The normalized spacial score (nSPS) is 16.7. The predicted molar refractivity (Wildman–Crippen MR) is 44.7 cm³/mol. The van der Waals surface area contributed by atoms with Gasteiger partial charge in [-0.1, -0.05) is 41.3 Å². The number of hydrogen-bond donors (Lipinski definition) is 0. The summed E-state index contributed by atoms with van der Waals surface area (Å²) in [5, 5.41) is 0. The van der Waals surface area contributed by atoms with Gasteiger partial charge in [-0.05, 0) is 17.3 Å². The van der Waals surface area contributed by atoms with Crippen molar-refractivity contribution in [2.45, 2.75) is 39.0 Å². The molecule has 9 heavy (non-hydrogen) atoms. The molecule has 0 atom stereocenters. The van der Waals surface area contributed by atoms with Gasteiger partial charge >= 0.3 is 0 Å². The summed E-state index contributed by atoms with van der Waals surface area (Å²) in [7, 11) is 0. The van der Waals surface area contributed by atoms with Gasteiger partial charge in [-0.3, -0.25) is 0 Å². The minimum absolute atomic E-state index is 1.27. The van der Waals surface area contributed by atoms with Gasteiger partial charge in [-0.25, -0.2) is 0 Å². The largest absolute Gasteiger partial charge is 0.0654 e. The summed E-state index contributed by atoms with van der Waals surface area (Å²) in [6.45, 7) is 2.25. The molecule has 0 aliphatic heterocycles. The summed E-state index contributed by atoms with van der Waals surface area (Å²) < 4.78 is 1.47. The SMILES string of the molecule is CCCCCC1=C(Br)C1. The van der Waals surface area contributed by atoms with Crippen LogP contribution < -0.4 is 0 Å². The molecule has 0 unspecified atom stereocenters. The third-order valence-corrected chi connectivity index (χ3v) is 2.55. The molecule has 0 saturated carbocycles. The molecule has 1 heteroatoms. The lowest BCUT2D eigenvalue weighted by atomic mass is 10.2. The molecule has 0 bridgehead atoms. The molecule has 1 rings (SSSR count). The predicted octanol–water partition coefficient (Wildman–Crippen LogP) is 3.62. The first-order valence-corrected chi connectivity index (χ1v) is 4.50. The molecule has 1 aliphatic carbocycles. The van der Waals surface area contributed by atoms with Crippen LogP contribution in [0.4, 0.5) is 0 Å². The molecule has 0 fully saturated rings. The highest BCUT2D eigenvalue weighted by molar-refractivity contribution is 9.12. The molecule has 52 valence electrons. The summed E-state index contributed by atoms with van der Waals surface area (Å²) in [5.41, 5.74) is 1.66. The third-order valence-electron chi connectivity index (χ3n) is 1.71. The molecule has 1 aliphatic rings. The Labute approximate surface area is 65.5 Å². The molecule has 0 amide bonds. The lowest BCUT2D eigenvalue weighted by Crippen LogP contribution is -1.71. The number of hydrogen-bond acceptors (Lipinski definition) is 0. The van der Waals surface area contributed by atoms with Crippen LogP contribution in [0.2, 0.25) is 0 Å². The lowest BCUT2D eigenvalue weighted by molar-refractivity contribution is 0.720. The van der Waals surface area contributed by atoms with Crippen molar-refractivity contribution in [3.8, 4) is 0 Å². The molecule has 0 N–H and O–H groups in total. The van der Waals surface area contributed by atoms with Crippen LogP contribution in [0.3, 0.4) is 0 Å². The zero-order valence-corrected chi connectivity index (χ0v) is 7.50. The van der Waals surface area contributed by atoms with E-state index in [0.717, 1.165) is 0 Å². The highest BCUT2D eigenvalue weighted by Gasteiger charge is 2.16. The molecule has 0 aromatic carbocycles. The zero-order chi connectivity index (χ0) is 6.69. The molecular weight excluding hydrogens is 176 g/mol. The summed E-state index contributed by atoms with van der Waals surface area (Å²) in [4.78, 5) is 0. The Morgan fingerprint density at radius 1 is 1.44 bits per heavy atom. The van der Waals surface area contributed by atoms with Crippen LogP contribution in [0.1, 0.15) is 39.0 Å². The van der Waals surface area contributed by atoms with Crippen LogP contribution in [-0.4, -0.2) is 0 Å². The lowest BCUT2D eigenvalue weighted by Gasteiger charge is -1.90. The van der Waals surface area contributed by atoms with Gasteiger partial charge in [-0.15, -0.1) is 0 Å². The highest BCUT2D eigenvalue weighted by Crippen LogP contribution is 2.39. The summed E-state index contributed by atoms with van der Waals surface area (Å²) in [6, 6.07) is 0. The summed E-state index contributed by atoms with van der Waals surface area (Å²) in [6.07, 6.45) is 6.73. The van der Waals surface area contributed by atoms with Crippen molar-refractivity contribution in [1.82, 2.24) is 0 Å². The minimum atomic E-state index is 1.27. The van der Waals surface area contributed by atoms with E-state index < -0.39 is 0 Å². The number of rotatable bonds is 4. The van der Waals surface area contributed by atoms with Crippen LogP contribution >= 0.6 is 15.9 Å². The molecule has 0 spiro atoms. The molecular formula is C8H13Br. The van der Waals surface area contributed by atoms with Gasteiger partial charge in [0, 0.05) is 6.42 Å². The smallest absolute Gasteiger partial charge is 0.00101 e. The van der Waals surface area contributed by atoms with Gasteiger partial charge < -0.3 is 0 Å². The maximum absolute atomic E-state index is 3.48. The second-order valence-corrected chi connectivity index (χ2v) is 3.60. The van der Waals surface area contributed by atoms with E-state index in [1.165, 1.54) is 36.6 Å². The van der Waals surface area contributed by atoms with Gasteiger partial charge in [-0.2, -0.15) is 0 Å². The van der Waals surface area contributed by atoms with E-state index in [0.29, 0.717) is 0 Å². The van der Waals surface area contributed by atoms with Crippen molar-refractivity contribution >= 4 is 15.9 Å². The Morgan fingerprint density at radius 2 is 2.11 bits per heavy atom. The first-order chi connectivity index (χ1) is 4.34. The quantitative estimate of drug-likeness (QED) is 0.592. The van der Waals surface area contributed by atoms with Crippen molar-refractivity contribution < 1.29 is 0 Å². The Hall–Kier alpha value is 0.220. The van der Waals surface area contributed by atoms with Crippen LogP contribution in [-0.2, 0) is 0 Å². The van der Waals surface area contributed by atoms with Crippen LogP contribution in [0.25, 0.3) is 0 Å². The molecule has 0 aromatic heterocycles. The fourth-order valence-corrected chi connectivity index (χ4v) is 1.49.